The fourth-order valence-corrected chi connectivity index (χ4v) is 1.93. The van der Waals surface area contributed by atoms with Gasteiger partial charge in [0.15, 0.2) is 0 Å². The van der Waals surface area contributed by atoms with Crippen LogP contribution >= 0.6 is 0 Å². The SMILES string of the molecule is CC1CC(c2cccc(OCCN)c2)NN1. The molecule has 0 saturated carbocycles. The topological polar surface area (TPSA) is 59.3 Å². The maximum Gasteiger partial charge on any atom is 0.119 e. The molecule has 1 aliphatic rings. The Labute approximate surface area is 96.1 Å². The lowest BCUT2D eigenvalue weighted by molar-refractivity contribution is 0.327. The molecule has 1 aromatic carbocycles. The van der Waals surface area contributed by atoms with E-state index in [1.165, 1.54) is 5.56 Å². The van der Waals surface area contributed by atoms with Gasteiger partial charge in [-0.15, -0.1) is 0 Å². The van der Waals surface area contributed by atoms with Crippen molar-refractivity contribution in [3.05, 3.63) is 29.8 Å². The van der Waals surface area contributed by atoms with E-state index in [9.17, 15) is 0 Å². The van der Waals surface area contributed by atoms with Crippen LogP contribution in [0.1, 0.15) is 24.9 Å². The van der Waals surface area contributed by atoms with Crippen LogP contribution < -0.4 is 21.3 Å². The molecule has 0 aliphatic carbocycles. The molecule has 2 rings (SSSR count). The zero-order valence-corrected chi connectivity index (χ0v) is 9.57. The lowest BCUT2D eigenvalue weighted by Gasteiger charge is -2.11. The van der Waals surface area contributed by atoms with Gasteiger partial charge in [-0.3, -0.25) is 10.9 Å². The summed E-state index contributed by atoms with van der Waals surface area (Å²) in [5.74, 6) is 0.893. The molecule has 0 aromatic heterocycles. The molecule has 4 nitrogen and oxygen atoms in total. The predicted octanol–water partition coefficient (Wildman–Crippen LogP) is 0.952. The summed E-state index contributed by atoms with van der Waals surface area (Å²) >= 11 is 0. The Morgan fingerprint density at radius 2 is 2.31 bits per heavy atom. The lowest BCUT2D eigenvalue weighted by atomic mass is 10.0. The van der Waals surface area contributed by atoms with E-state index in [2.05, 4.69) is 29.9 Å². The fourth-order valence-electron chi connectivity index (χ4n) is 1.93. The van der Waals surface area contributed by atoms with Crippen molar-refractivity contribution in [1.29, 1.82) is 0 Å². The van der Waals surface area contributed by atoms with Crippen LogP contribution in [0.2, 0.25) is 0 Å². The second kappa shape index (κ2) is 5.30. The summed E-state index contributed by atoms with van der Waals surface area (Å²) in [6, 6.07) is 9.06. The highest BCUT2D eigenvalue weighted by Crippen LogP contribution is 2.24. The van der Waals surface area contributed by atoms with E-state index in [1.54, 1.807) is 0 Å². The summed E-state index contributed by atoms with van der Waals surface area (Å²) in [5, 5.41) is 0. The number of nitrogens with two attached hydrogens (primary N) is 1. The third-order valence-electron chi connectivity index (χ3n) is 2.74. The Kier molecular flexibility index (Phi) is 3.77. The van der Waals surface area contributed by atoms with E-state index >= 15 is 0 Å². The van der Waals surface area contributed by atoms with Gasteiger partial charge in [-0.2, -0.15) is 0 Å². The van der Waals surface area contributed by atoms with Crippen LogP contribution in [0.25, 0.3) is 0 Å². The zero-order chi connectivity index (χ0) is 11.4. The normalized spacial score (nSPS) is 24.6. The minimum Gasteiger partial charge on any atom is -0.492 e. The third-order valence-corrected chi connectivity index (χ3v) is 2.74. The van der Waals surface area contributed by atoms with Crippen molar-refractivity contribution >= 4 is 0 Å². The van der Waals surface area contributed by atoms with E-state index in [4.69, 9.17) is 10.5 Å². The van der Waals surface area contributed by atoms with Gasteiger partial charge >= 0.3 is 0 Å². The first-order valence-electron chi connectivity index (χ1n) is 5.73. The van der Waals surface area contributed by atoms with E-state index in [0.29, 0.717) is 25.2 Å². The van der Waals surface area contributed by atoms with Crippen LogP contribution in [0, 0.1) is 0 Å². The Bertz CT molecular complexity index is 343. The molecule has 0 amide bonds. The number of ether oxygens (including phenoxy) is 1. The minimum absolute atomic E-state index is 0.372. The largest absolute Gasteiger partial charge is 0.492 e. The number of nitrogens with one attached hydrogen (secondary N) is 2. The Balaban J connectivity index is 2.04. The molecule has 0 radical (unpaired) electrons. The Morgan fingerprint density at radius 3 is 3.00 bits per heavy atom. The van der Waals surface area contributed by atoms with Gasteiger partial charge in [0.25, 0.3) is 0 Å². The zero-order valence-electron chi connectivity index (χ0n) is 9.57. The second-order valence-electron chi connectivity index (χ2n) is 4.19. The molecule has 2 unspecified atom stereocenters. The van der Waals surface area contributed by atoms with Crippen molar-refractivity contribution < 1.29 is 4.74 Å². The molecule has 88 valence electrons. The maximum absolute atomic E-state index is 5.51. The summed E-state index contributed by atoms with van der Waals surface area (Å²) in [5.41, 5.74) is 13.2. The van der Waals surface area contributed by atoms with Crippen molar-refractivity contribution in [2.45, 2.75) is 25.4 Å². The smallest absolute Gasteiger partial charge is 0.119 e. The standard InChI is InChI=1S/C12H19N3O/c1-9-7-12(15-14-9)10-3-2-4-11(8-10)16-6-5-13/h2-4,8-9,12,14-15H,5-7,13H2,1H3. The van der Waals surface area contributed by atoms with Gasteiger partial charge in [-0.05, 0) is 31.0 Å². The molecule has 1 fully saturated rings. The molecule has 1 heterocycles. The number of hydrogen-bond donors (Lipinski definition) is 3. The molecule has 4 heteroatoms. The first-order chi connectivity index (χ1) is 7.79. The molecule has 1 aromatic rings. The number of rotatable bonds is 4. The third kappa shape index (κ3) is 2.72. The summed E-state index contributed by atoms with van der Waals surface area (Å²) in [6.07, 6.45) is 1.10. The van der Waals surface area contributed by atoms with E-state index in [-0.39, 0.29) is 0 Å². The first-order valence-corrected chi connectivity index (χ1v) is 5.73. The molecule has 1 saturated heterocycles. The summed E-state index contributed by atoms with van der Waals surface area (Å²) < 4.78 is 5.51. The van der Waals surface area contributed by atoms with Gasteiger partial charge in [-0.1, -0.05) is 12.1 Å². The van der Waals surface area contributed by atoms with Crippen LogP contribution in [-0.2, 0) is 0 Å². The van der Waals surface area contributed by atoms with Crippen molar-refractivity contribution in [3.63, 3.8) is 0 Å². The Morgan fingerprint density at radius 1 is 1.44 bits per heavy atom. The number of benzene rings is 1. The number of hydrogen-bond acceptors (Lipinski definition) is 4. The fraction of sp³-hybridized carbons (Fsp3) is 0.500. The first kappa shape index (κ1) is 11.4. The molecule has 2 atom stereocenters. The van der Waals surface area contributed by atoms with Crippen LogP contribution in [0.15, 0.2) is 24.3 Å². The summed E-state index contributed by atoms with van der Waals surface area (Å²) in [7, 11) is 0. The van der Waals surface area contributed by atoms with E-state index in [0.717, 1.165) is 12.2 Å². The minimum atomic E-state index is 0.372. The maximum atomic E-state index is 5.51. The van der Waals surface area contributed by atoms with E-state index in [1.807, 2.05) is 12.1 Å². The second-order valence-corrected chi connectivity index (χ2v) is 4.19. The Hall–Kier alpha value is -1.10. The summed E-state index contributed by atoms with van der Waals surface area (Å²) in [6.45, 7) is 3.28. The van der Waals surface area contributed by atoms with Crippen molar-refractivity contribution in [1.82, 2.24) is 10.9 Å². The van der Waals surface area contributed by atoms with Crippen molar-refractivity contribution in [2.24, 2.45) is 5.73 Å². The quantitative estimate of drug-likeness (QED) is 0.708. The highest BCUT2D eigenvalue weighted by Gasteiger charge is 2.21. The van der Waals surface area contributed by atoms with Crippen LogP contribution in [0.4, 0.5) is 0 Å². The monoisotopic (exact) mass is 221 g/mol. The average molecular weight is 221 g/mol. The number of hydrazine groups is 1. The predicted molar refractivity (Wildman–Crippen MR) is 64.1 cm³/mol. The highest BCUT2D eigenvalue weighted by atomic mass is 16.5. The lowest BCUT2D eigenvalue weighted by Crippen LogP contribution is -2.28. The van der Waals surface area contributed by atoms with Gasteiger partial charge in [0.05, 0.1) is 0 Å². The van der Waals surface area contributed by atoms with Gasteiger partial charge in [-0.25, -0.2) is 0 Å². The van der Waals surface area contributed by atoms with Crippen molar-refractivity contribution in [3.8, 4) is 5.75 Å². The van der Waals surface area contributed by atoms with Crippen molar-refractivity contribution in [2.75, 3.05) is 13.2 Å². The average Bonchev–Trinajstić information content (AvgIpc) is 2.74. The van der Waals surface area contributed by atoms with Gasteiger partial charge in [0.1, 0.15) is 12.4 Å². The molecular formula is C12H19N3O. The molecule has 0 bridgehead atoms. The summed E-state index contributed by atoms with van der Waals surface area (Å²) in [4.78, 5) is 0. The van der Waals surface area contributed by atoms with Gasteiger partial charge < -0.3 is 10.5 Å². The van der Waals surface area contributed by atoms with E-state index < -0.39 is 0 Å². The molecule has 16 heavy (non-hydrogen) atoms. The highest BCUT2D eigenvalue weighted by molar-refractivity contribution is 5.31. The van der Waals surface area contributed by atoms with Crippen LogP contribution in [0.5, 0.6) is 5.75 Å². The van der Waals surface area contributed by atoms with Gasteiger partial charge in [0, 0.05) is 18.6 Å². The van der Waals surface area contributed by atoms with Crippen LogP contribution in [0.3, 0.4) is 0 Å². The van der Waals surface area contributed by atoms with Gasteiger partial charge in [0.2, 0.25) is 0 Å². The van der Waals surface area contributed by atoms with Crippen LogP contribution in [-0.4, -0.2) is 19.2 Å². The molecule has 1 aliphatic heterocycles. The molecule has 4 N–H and O–H groups in total. The molecule has 0 spiro atoms. The molecular weight excluding hydrogens is 202 g/mol.